The van der Waals surface area contributed by atoms with Crippen LogP contribution in [0.25, 0.3) is 0 Å². The molecule has 24 heavy (non-hydrogen) atoms. The van der Waals surface area contributed by atoms with Crippen molar-refractivity contribution in [2.24, 2.45) is 5.92 Å². The Morgan fingerprint density at radius 1 is 1.33 bits per heavy atom. The van der Waals surface area contributed by atoms with Crippen LogP contribution in [0, 0.1) is 11.7 Å². The summed E-state index contributed by atoms with van der Waals surface area (Å²) in [6.45, 7) is 1.34. The highest BCUT2D eigenvalue weighted by Gasteiger charge is 2.40. The molecular formula is C19H26FNO3. The third-order valence-corrected chi connectivity index (χ3v) is 5.72. The van der Waals surface area contributed by atoms with Crippen LogP contribution in [0.3, 0.4) is 0 Å². The van der Waals surface area contributed by atoms with Crippen molar-refractivity contribution in [1.82, 2.24) is 4.90 Å². The maximum absolute atomic E-state index is 13.0. The highest BCUT2D eigenvalue weighted by Crippen LogP contribution is 2.39. The molecule has 5 heteroatoms. The largest absolute Gasteiger partial charge is 0.388 e. The Morgan fingerprint density at radius 2 is 1.96 bits per heavy atom. The summed E-state index contributed by atoms with van der Waals surface area (Å²) in [5.74, 6) is -0.0275. The first-order chi connectivity index (χ1) is 11.5. The number of aliphatic hydroxyl groups is 1. The minimum absolute atomic E-state index is 0.111. The van der Waals surface area contributed by atoms with Gasteiger partial charge in [0.05, 0.1) is 18.1 Å². The summed E-state index contributed by atoms with van der Waals surface area (Å²) >= 11 is 0. The Balaban J connectivity index is 1.51. The summed E-state index contributed by atoms with van der Waals surface area (Å²) in [6, 6.07) is 6.02. The van der Waals surface area contributed by atoms with Crippen molar-refractivity contribution >= 4 is 5.91 Å². The Hall–Kier alpha value is -1.46. The Bertz CT molecular complexity index is 557. The first-order valence-electron chi connectivity index (χ1n) is 8.79. The molecule has 1 unspecified atom stereocenters. The van der Waals surface area contributed by atoms with Crippen LogP contribution in [0.5, 0.6) is 0 Å². The third kappa shape index (κ3) is 3.62. The van der Waals surface area contributed by atoms with Crippen molar-refractivity contribution in [3.8, 4) is 0 Å². The van der Waals surface area contributed by atoms with Crippen molar-refractivity contribution in [2.75, 3.05) is 20.2 Å². The van der Waals surface area contributed by atoms with Gasteiger partial charge in [0.25, 0.3) is 0 Å². The number of hydrogen-bond acceptors (Lipinski definition) is 3. The molecule has 3 rings (SSSR count). The Morgan fingerprint density at radius 3 is 2.46 bits per heavy atom. The van der Waals surface area contributed by atoms with Gasteiger partial charge in [-0.05, 0) is 55.7 Å². The van der Waals surface area contributed by atoms with Gasteiger partial charge in [0.1, 0.15) is 5.82 Å². The summed E-state index contributed by atoms with van der Waals surface area (Å²) < 4.78 is 18.5. The molecule has 1 heterocycles. The normalized spacial score (nSPS) is 22.0. The standard InChI is InChI=1S/C19H26FNO3/c1-24-19(9-2-10-19)13-17(22)21-11-7-15(8-12-21)18(23)14-3-5-16(20)6-4-14/h3-6,15,18,23H,2,7-13H2,1H3. The second kappa shape index (κ2) is 7.19. The predicted molar refractivity (Wildman–Crippen MR) is 88.9 cm³/mol. The molecule has 1 saturated heterocycles. The first kappa shape index (κ1) is 17.4. The monoisotopic (exact) mass is 335 g/mol. The molecule has 1 amide bonds. The van der Waals surface area contributed by atoms with Crippen molar-refractivity contribution in [3.05, 3.63) is 35.6 Å². The molecule has 1 aliphatic carbocycles. The van der Waals surface area contributed by atoms with Gasteiger partial charge in [0.2, 0.25) is 5.91 Å². The van der Waals surface area contributed by atoms with Gasteiger partial charge >= 0.3 is 0 Å². The molecule has 1 saturated carbocycles. The molecule has 0 spiro atoms. The second-order valence-corrected chi connectivity index (χ2v) is 7.13. The zero-order valence-corrected chi connectivity index (χ0v) is 14.2. The number of piperidine rings is 1. The molecule has 1 atom stereocenters. The SMILES string of the molecule is COC1(CC(=O)N2CCC(C(O)c3ccc(F)cc3)CC2)CCC1. The number of carbonyl (C=O) groups is 1. The summed E-state index contributed by atoms with van der Waals surface area (Å²) in [4.78, 5) is 14.4. The van der Waals surface area contributed by atoms with Crippen LogP contribution in [0.15, 0.2) is 24.3 Å². The van der Waals surface area contributed by atoms with E-state index in [4.69, 9.17) is 4.74 Å². The third-order valence-electron chi connectivity index (χ3n) is 5.72. The van der Waals surface area contributed by atoms with Gasteiger partial charge in [-0.2, -0.15) is 0 Å². The second-order valence-electron chi connectivity index (χ2n) is 7.13. The molecule has 1 N–H and O–H groups in total. The van der Waals surface area contributed by atoms with E-state index in [-0.39, 0.29) is 23.2 Å². The number of likely N-dealkylation sites (tertiary alicyclic amines) is 1. The topological polar surface area (TPSA) is 49.8 Å². The fraction of sp³-hybridized carbons (Fsp3) is 0.632. The van der Waals surface area contributed by atoms with Crippen molar-refractivity contribution in [2.45, 2.75) is 50.2 Å². The van der Waals surface area contributed by atoms with E-state index >= 15 is 0 Å². The minimum atomic E-state index is -0.597. The summed E-state index contributed by atoms with van der Waals surface area (Å²) in [7, 11) is 1.69. The number of benzene rings is 1. The van der Waals surface area contributed by atoms with Crippen LogP contribution in [0.1, 0.15) is 50.2 Å². The van der Waals surface area contributed by atoms with E-state index in [9.17, 15) is 14.3 Å². The van der Waals surface area contributed by atoms with Gasteiger partial charge in [-0.3, -0.25) is 4.79 Å². The van der Waals surface area contributed by atoms with Gasteiger partial charge in [-0.25, -0.2) is 4.39 Å². The van der Waals surface area contributed by atoms with Gasteiger partial charge < -0.3 is 14.7 Å². The molecular weight excluding hydrogens is 309 g/mol. The maximum Gasteiger partial charge on any atom is 0.225 e. The van der Waals surface area contributed by atoms with Crippen molar-refractivity contribution in [3.63, 3.8) is 0 Å². The highest BCUT2D eigenvalue weighted by atomic mass is 19.1. The van der Waals surface area contributed by atoms with E-state index in [0.29, 0.717) is 19.5 Å². The summed E-state index contributed by atoms with van der Waals surface area (Å²) in [5, 5.41) is 10.5. The minimum Gasteiger partial charge on any atom is -0.388 e. The maximum atomic E-state index is 13.0. The lowest BCUT2D eigenvalue weighted by Crippen LogP contribution is -2.47. The lowest BCUT2D eigenvalue weighted by atomic mass is 9.77. The predicted octanol–water partition coefficient (Wildman–Crippen LogP) is 3.06. The van der Waals surface area contributed by atoms with Gasteiger partial charge in [0.15, 0.2) is 0 Å². The summed E-state index contributed by atoms with van der Waals surface area (Å²) in [6.07, 6.45) is 4.47. The molecule has 2 fully saturated rings. The smallest absolute Gasteiger partial charge is 0.225 e. The van der Waals surface area contributed by atoms with Gasteiger partial charge in [-0.15, -0.1) is 0 Å². The number of ether oxygens (including phenoxy) is 1. The van der Waals surface area contributed by atoms with Crippen LogP contribution in [0.2, 0.25) is 0 Å². The van der Waals surface area contributed by atoms with E-state index < -0.39 is 6.10 Å². The number of hydrogen-bond donors (Lipinski definition) is 1. The zero-order chi connectivity index (χ0) is 17.2. The lowest BCUT2D eigenvalue weighted by Gasteiger charge is -2.42. The van der Waals surface area contributed by atoms with Crippen molar-refractivity contribution < 1.29 is 19.0 Å². The molecule has 0 radical (unpaired) electrons. The van der Waals surface area contributed by atoms with E-state index in [2.05, 4.69) is 0 Å². The molecule has 132 valence electrons. The number of amides is 1. The molecule has 1 aromatic carbocycles. The van der Waals surface area contributed by atoms with Gasteiger partial charge in [-0.1, -0.05) is 12.1 Å². The molecule has 1 aromatic rings. The highest BCUT2D eigenvalue weighted by molar-refractivity contribution is 5.77. The number of methoxy groups -OCH3 is 1. The number of nitrogens with zero attached hydrogens (tertiary/aromatic N) is 1. The van der Waals surface area contributed by atoms with E-state index in [0.717, 1.165) is 37.7 Å². The number of carbonyl (C=O) groups excluding carboxylic acids is 1. The molecule has 1 aliphatic heterocycles. The Kier molecular flexibility index (Phi) is 5.21. The quantitative estimate of drug-likeness (QED) is 0.900. The summed E-state index contributed by atoms with van der Waals surface area (Å²) in [5.41, 5.74) is 0.510. The number of rotatable bonds is 5. The van der Waals surface area contributed by atoms with E-state index in [1.165, 1.54) is 12.1 Å². The zero-order valence-electron chi connectivity index (χ0n) is 14.2. The van der Waals surface area contributed by atoms with Crippen LogP contribution >= 0.6 is 0 Å². The fourth-order valence-electron chi connectivity index (χ4n) is 3.81. The average Bonchev–Trinajstić information content (AvgIpc) is 2.58. The van der Waals surface area contributed by atoms with Crippen LogP contribution in [0.4, 0.5) is 4.39 Å². The van der Waals surface area contributed by atoms with Gasteiger partial charge in [0, 0.05) is 20.2 Å². The fourth-order valence-corrected chi connectivity index (χ4v) is 3.81. The average molecular weight is 335 g/mol. The van der Waals surface area contributed by atoms with Crippen LogP contribution < -0.4 is 0 Å². The molecule has 0 aromatic heterocycles. The van der Waals surface area contributed by atoms with Crippen LogP contribution in [-0.2, 0) is 9.53 Å². The van der Waals surface area contributed by atoms with E-state index in [1.807, 2.05) is 4.90 Å². The first-order valence-corrected chi connectivity index (χ1v) is 8.79. The van der Waals surface area contributed by atoms with Crippen LogP contribution in [-0.4, -0.2) is 41.7 Å². The number of aliphatic hydroxyl groups excluding tert-OH is 1. The Labute approximate surface area is 142 Å². The lowest BCUT2D eigenvalue weighted by molar-refractivity contribution is -0.146. The molecule has 0 bridgehead atoms. The molecule has 4 nitrogen and oxygen atoms in total. The number of halogens is 1. The van der Waals surface area contributed by atoms with Crippen molar-refractivity contribution in [1.29, 1.82) is 0 Å². The molecule has 2 aliphatic rings. The van der Waals surface area contributed by atoms with E-state index in [1.54, 1.807) is 19.2 Å².